The molecule has 2 aromatic rings. The lowest BCUT2D eigenvalue weighted by molar-refractivity contribution is -0.118. The summed E-state index contributed by atoms with van der Waals surface area (Å²) in [6, 6.07) is 14.2. The first-order valence-corrected chi connectivity index (χ1v) is 5.73. The topological polar surface area (TPSA) is 63.3 Å². The van der Waals surface area contributed by atoms with Crippen LogP contribution in [0, 0.1) is 6.92 Å². The number of carbonyl (C=O) groups is 1. The minimum atomic E-state index is -0.481. The molecule has 2 rings (SSSR count). The zero-order chi connectivity index (χ0) is 13.1. The number of phenolic OH excluding ortho intramolecular Hbond substituents is 1. The number of amides is 1. The summed E-state index contributed by atoms with van der Waals surface area (Å²) in [6.07, 6.45) is 0. The number of hydrogen-bond donors (Lipinski definition) is 2. The van der Waals surface area contributed by atoms with Crippen LogP contribution >= 0.6 is 0 Å². The molecule has 0 saturated heterocycles. The summed E-state index contributed by atoms with van der Waals surface area (Å²) in [4.78, 5) is 11.7. The Morgan fingerprint density at radius 1 is 1.11 bits per heavy atom. The van der Waals surface area contributed by atoms with Gasteiger partial charge in [0.1, 0.15) is 5.75 Å². The molecule has 2 aromatic carbocycles. The van der Waals surface area contributed by atoms with Crippen molar-refractivity contribution < 1.29 is 9.90 Å². The maximum absolute atomic E-state index is 11.7. The second-order valence-electron chi connectivity index (χ2n) is 4.34. The highest BCUT2D eigenvalue weighted by Gasteiger charge is 2.20. The smallest absolute Gasteiger partial charge is 0.229 e. The molecule has 0 aromatic heterocycles. The molecule has 0 bridgehead atoms. The van der Waals surface area contributed by atoms with Gasteiger partial charge in [-0.25, -0.2) is 0 Å². The van der Waals surface area contributed by atoms with Gasteiger partial charge < -0.3 is 10.8 Å². The van der Waals surface area contributed by atoms with E-state index in [0.717, 1.165) is 16.7 Å². The molecule has 0 aliphatic heterocycles. The van der Waals surface area contributed by atoms with Gasteiger partial charge in [-0.3, -0.25) is 4.79 Å². The van der Waals surface area contributed by atoms with Crippen molar-refractivity contribution in [2.24, 2.45) is 5.73 Å². The second-order valence-corrected chi connectivity index (χ2v) is 4.34. The summed E-state index contributed by atoms with van der Waals surface area (Å²) >= 11 is 0. The number of primary amides is 1. The highest BCUT2D eigenvalue weighted by atomic mass is 16.3. The van der Waals surface area contributed by atoms with Gasteiger partial charge in [-0.2, -0.15) is 0 Å². The van der Waals surface area contributed by atoms with Crippen LogP contribution in [0.2, 0.25) is 0 Å². The molecule has 0 fully saturated rings. The Balaban J connectivity index is 2.46. The zero-order valence-electron chi connectivity index (χ0n) is 10.1. The lowest BCUT2D eigenvalue weighted by atomic mass is 9.90. The summed E-state index contributed by atoms with van der Waals surface area (Å²) in [5.41, 5.74) is 8.22. The van der Waals surface area contributed by atoms with Crippen LogP contribution in [0.15, 0.2) is 48.5 Å². The number of phenols is 1. The molecule has 1 atom stereocenters. The third-order valence-electron chi connectivity index (χ3n) is 2.89. The molecule has 0 aliphatic rings. The highest BCUT2D eigenvalue weighted by molar-refractivity contribution is 5.85. The summed E-state index contributed by atoms with van der Waals surface area (Å²) < 4.78 is 0. The largest absolute Gasteiger partial charge is 0.508 e. The molecule has 3 nitrogen and oxygen atoms in total. The Bertz CT molecular complexity index is 561. The number of benzene rings is 2. The number of aryl methyl sites for hydroxylation is 1. The molecule has 1 unspecified atom stereocenters. The van der Waals surface area contributed by atoms with Crippen molar-refractivity contribution in [1.29, 1.82) is 0 Å². The van der Waals surface area contributed by atoms with E-state index in [1.54, 1.807) is 24.3 Å². The van der Waals surface area contributed by atoms with E-state index in [9.17, 15) is 9.90 Å². The molecule has 0 spiro atoms. The van der Waals surface area contributed by atoms with Gasteiger partial charge in [0.15, 0.2) is 0 Å². The molecule has 3 heteroatoms. The molecule has 0 heterocycles. The molecule has 3 N–H and O–H groups in total. The predicted molar refractivity (Wildman–Crippen MR) is 70.3 cm³/mol. The van der Waals surface area contributed by atoms with Crippen molar-refractivity contribution in [1.82, 2.24) is 0 Å². The van der Waals surface area contributed by atoms with E-state index in [2.05, 4.69) is 0 Å². The van der Waals surface area contributed by atoms with Gasteiger partial charge in [0.25, 0.3) is 0 Å². The minimum Gasteiger partial charge on any atom is -0.508 e. The van der Waals surface area contributed by atoms with Gasteiger partial charge in [0, 0.05) is 0 Å². The monoisotopic (exact) mass is 241 g/mol. The van der Waals surface area contributed by atoms with E-state index >= 15 is 0 Å². The van der Waals surface area contributed by atoms with Crippen molar-refractivity contribution in [3.05, 3.63) is 65.2 Å². The maximum Gasteiger partial charge on any atom is 0.229 e. The van der Waals surface area contributed by atoms with Gasteiger partial charge in [0.05, 0.1) is 5.92 Å². The van der Waals surface area contributed by atoms with Gasteiger partial charge in [-0.15, -0.1) is 0 Å². The molecule has 0 aliphatic carbocycles. The molecule has 0 radical (unpaired) electrons. The van der Waals surface area contributed by atoms with E-state index in [4.69, 9.17) is 5.73 Å². The molecule has 18 heavy (non-hydrogen) atoms. The number of hydrogen-bond acceptors (Lipinski definition) is 2. The summed E-state index contributed by atoms with van der Waals surface area (Å²) in [5.74, 6) is -0.706. The van der Waals surface area contributed by atoms with E-state index in [0.29, 0.717) is 0 Å². The first-order chi connectivity index (χ1) is 8.58. The maximum atomic E-state index is 11.7. The van der Waals surface area contributed by atoms with Gasteiger partial charge in [0.2, 0.25) is 5.91 Å². The minimum absolute atomic E-state index is 0.172. The normalized spacial score (nSPS) is 12.1. The molecule has 1 amide bonds. The van der Waals surface area contributed by atoms with Gasteiger partial charge in [-0.05, 0) is 30.2 Å². The van der Waals surface area contributed by atoms with E-state index in [1.165, 1.54) is 0 Å². The SMILES string of the molecule is Cc1cccc(C(C(N)=O)c2ccc(O)cc2)c1. The van der Waals surface area contributed by atoms with Gasteiger partial charge in [-0.1, -0.05) is 42.0 Å². The fourth-order valence-corrected chi connectivity index (χ4v) is 2.04. The number of carbonyl (C=O) groups excluding carboxylic acids is 1. The average molecular weight is 241 g/mol. The summed E-state index contributed by atoms with van der Waals surface area (Å²) in [6.45, 7) is 1.97. The first-order valence-electron chi connectivity index (χ1n) is 5.73. The Morgan fingerprint density at radius 2 is 1.78 bits per heavy atom. The van der Waals surface area contributed by atoms with E-state index in [-0.39, 0.29) is 5.75 Å². The molecule has 0 saturated carbocycles. The average Bonchev–Trinajstić information content (AvgIpc) is 2.32. The third kappa shape index (κ3) is 2.51. The highest BCUT2D eigenvalue weighted by Crippen LogP contribution is 2.26. The van der Waals surface area contributed by atoms with Crippen LogP contribution in [0.25, 0.3) is 0 Å². The van der Waals surface area contributed by atoms with Crippen molar-refractivity contribution in [2.75, 3.05) is 0 Å². The lowest BCUT2D eigenvalue weighted by Crippen LogP contribution is -2.22. The summed E-state index contributed by atoms with van der Waals surface area (Å²) in [5, 5.41) is 9.28. The first kappa shape index (κ1) is 12.2. The van der Waals surface area contributed by atoms with Crippen molar-refractivity contribution in [3.63, 3.8) is 0 Å². The van der Waals surface area contributed by atoms with Gasteiger partial charge >= 0.3 is 0 Å². The lowest BCUT2D eigenvalue weighted by Gasteiger charge is -2.15. The van der Waals surface area contributed by atoms with Crippen LogP contribution in [0.1, 0.15) is 22.6 Å². The van der Waals surface area contributed by atoms with Crippen LogP contribution in [-0.4, -0.2) is 11.0 Å². The Labute approximate surface area is 106 Å². The fraction of sp³-hybridized carbons (Fsp3) is 0.133. The Morgan fingerprint density at radius 3 is 2.33 bits per heavy atom. The van der Waals surface area contributed by atoms with Crippen LogP contribution in [0.3, 0.4) is 0 Å². The second kappa shape index (κ2) is 4.92. The van der Waals surface area contributed by atoms with E-state index in [1.807, 2.05) is 31.2 Å². The van der Waals surface area contributed by atoms with Crippen molar-refractivity contribution in [2.45, 2.75) is 12.8 Å². The fourth-order valence-electron chi connectivity index (χ4n) is 2.04. The van der Waals surface area contributed by atoms with E-state index < -0.39 is 11.8 Å². The predicted octanol–water partition coefficient (Wildman–Crippen LogP) is 2.32. The quantitative estimate of drug-likeness (QED) is 0.866. The van der Waals surface area contributed by atoms with Crippen LogP contribution in [-0.2, 0) is 4.79 Å². The number of aromatic hydroxyl groups is 1. The summed E-state index contributed by atoms with van der Waals surface area (Å²) in [7, 11) is 0. The standard InChI is InChI=1S/C15H15NO2/c1-10-3-2-4-12(9-10)14(15(16)18)11-5-7-13(17)8-6-11/h2-9,14,17H,1H3,(H2,16,18). The number of nitrogens with two attached hydrogens (primary N) is 1. The zero-order valence-corrected chi connectivity index (χ0v) is 10.1. The van der Waals surface area contributed by atoms with Crippen LogP contribution < -0.4 is 5.73 Å². The Kier molecular flexibility index (Phi) is 3.33. The molecular formula is C15H15NO2. The van der Waals surface area contributed by atoms with Crippen molar-refractivity contribution >= 4 is 5.91 Å². The Hall–Kier alpha value is -2.29. The number of rotatable bonds is 3. The molecule has 92 valence electrons. The van der Waals surface area contributed by atoms with Crippen LogP contribution in [0.5, 0.6) is 5.75 Å². The molecular weight excluding hydrogens is 226 g/mol. The van der Waals surface area contributed by atoms with Crippen molar-refractivity contribution in [3.8, 4) is 5.75 Å². The van der Waals surface area contributed by atoms with Crippen LogP contribution in [0.4, 0.5) is 0 Å². The third-order valence-corrected chi connectivity index (χ3v) is 2.89.